The first-order valence-corrected chi connectivity index (χ1v) is 4.88. The van der Waals surface area contributed by atoms with Crippen LogP contribution in [0.5, 0.6) is 0 Å². The lowest BCUT2D eigenvalue weighted by Gasteiger charge is -2.15. The van der Waals surface area contributed by atoms with Crippen LogP contribution >= 0.6 is 0 Å². The molecule has 0 bridgehead atoms. The van der Waals surface area contributed by atoms with Crippen molar-refractivity contribution in [2.75, 3.05) is 13.2 Å². The number of ether oxygens (including phenoxy) is 1. The lowest BCUT2D eigenvalue weighted by atomic mass is 10.1. The third-order valence-electron chi connectivity index (χ3n) is 2.48. The van der Waals surface area contributed by atoms with Crippen molar-refractivity contribution in [3.05, 3.63) is 17.0 Å². The number of rotatable bonds is 2. The van der Waals surface area contributed by atoms with Crippen molar-refractivity contribution in [1.82, 2.24) is 9.78 Å². The molecule has 1 N–H and O–H groups in total. The molecule has 2 rings (SSSR count). The number of alkyl halides is 3. The zero-order chi connectivity index (χ0) is 11.8. The van der Waals surface area contributed by atoms with Gasteiger partial charge in [-0.1, -0.05) is 0 Å². The van der Waals surface area contributed by atoms with Crippen LogP contribution in [0.3, 0.4) is 0 Å². The van der Waals surface area contributed by atoms with Gasteiger partial charge in [-0.2, -0.15) is 18.3 Å². The summed E-state index contributed by atoms with van der Waals surface area (Å²) >= 11 is 0. The first-order chi connectivity index (χ1) is 7.54. The Labute approximate surface area is 89.6 Å². The monoisotopic (exact) mass is 236 g/mol. The van der Waals surface area contributed by atoms with E-state index in [1.165, 1.54) is 4.68 Å². The number of nitrogens with zero attached hydrogens (tertiary/aromatic N) is 2. The molecule has 1 aromatic heterocycles. The fraction of sp³-hybridized carbons (Fsp3) is 0.667. The van der Waals surface area contributed by atoms with Gasteiger partial charge in [-0.25, -0.2) is 0 Å². The zero-order valence-electron chi connectivity index (χ0n) is 8.42. The molecule has 0 atom stereocenters. The second-order valence-corrected chi connectivity index (χ2v) is 3.52. The van der Waals surface area contributed by atoms with Gasteiger partial charge >= 0.3 is 6.18 Å². The van der Waals surface area contributed by atoms with Gasteiger partial charge in [0.1, 0.15) is 0 Å². The summed E-state index contributed by atoms with van der Waals surface area (Å²) in [5.74, 6) is 0. The number of halogens is 3. The van der Waals surface area contributed by atoms with Crippen molar-refractivity contribution in [1.29, 1.82) is 0 Å². The van der Waals surface area contributed by atoms with E-state index in [-0.39, 0.29) is 25.3 Å². The van der Waals surface area contributed by atoms with E-state index in [4.69, 9.17) is 9.84 Å². The zero-order valence-corrected chi connectivity index (χ0v) is 8.42. The van der Waals surface area contributed by atoms with Gasteiger partial charge < -0.3 is 9.84 Å². The summed E-state index contributed by atoms with van der Waals surface area (Å²) in [6, 6.07) is 0. The Morgan fingerprint density at radius 3 is 2.81 bits per heavy atom. The summed E-state index contributed by atoms with van der Waals surface area (Å²) in [7, 11) is 0. The Morgan fingerprint density at radius 1 is 1.44 bits per heavy atom. The maximum absolute atomic E-state index is 12.6. The summed E-state index contributed by atoms with van der Waals surface area (Å²) in [4.78, 5) is 0. The normalized spacial score (nSPS) is 16.2. The van der Waals surface area contributed by atoms with Crippen LogP contribution in [0.2, 0.25) is 0 Å². The maximum Gasteiger partial charge on any atom is 0.435 e. The molecule has 0 spiro atoms. The van der Waals surface area contributed by atoms with Gasteiger partial charge in [0.15, 0.2) is 5.69 Å². The molecule has 4 nitrogen and oxygen atoms in total. The fourth-order valence-corrected chi connectivity index (χ4v) is 1.82. The summed E-state index contributed by atoms with van der Waals surface area (Å²) < 4.78 is 44.1. The molecule has 7 heteroatoms. The molecule has 1 aliphatic heterocycles. The van der Waals surface area contributed by atoms with E-state index in [2.05, 4.69) is 5.10 Å². The second-order valence-electron chi connectivity index (χ2n) is 3.52. The lowest BCUT2D eigenvalue weighted by Crippen LogP contribution is -2.16. The summed E-state index contributed by atoms with van der Waals surface area (Å²) in [6.07, 6.45) is -4.07. The van der Waals surface area contributed by atoms with Gasteiger partial charge in [-0.15, -0.1) is 0 Å². The van der Waals surface area contributed by atoms with Gasteiger partial charge in [0, 0.05) is 17.7 Å². The highest BCUT2D eigenvalue weighted by Crippen LogP contribution is 2.34. The van der Waals surface area contributed by atoms with Gasteiger partial charge in [-0.05, 0) is 0 Å². The maximum atomic E-state index is 12.6. The molecule has 0 amide bonds. The summed E-state index contributed by atoms with van der Waals surface area (Å²) in [6.45, 7) is 0.182. The summed E-state index contributed by atoms with van der Waals surface area (Å²) in [5.41, 5.74) is -0.268. The topological polar surface area (TPSA) is 47.3 Å². The molecule has 0 unspecified atom stereocenters. The first-order valence-electron chi connectivity index (χ1n) is 4.88. The third-order valence-corrected chi connectivity index (χ3v) is 2.48. The molecule has 90 valence electrons. The molecule has 0 saturated heterocycles. The van der Waals surface area contributed by atoms with E-state index >= 15 is 0 Å². The quantitative estimate of drug-likeness (QED) is 0.832. The van der Waals surface area contributed by atoms with Crippen LogP contribution in [0.15, 0.2) is 0 Å². The van der Waals surface area contributed by atoms with Crippen molar-refractivity contribution in [2.24, 2.45) is 0 Å². The minimum atomic E-state index is -4.47. The van der Waals surface area contributed by atoms with Crippen molar-refractivity contribution in [3.8, 4) is 0 Å². The molecule has 1 aliphatic rings. The highest BCUT2D eigenvalue weighted by molar-refractivity contribution is 5.29. The van der Waals surface area contributed by atoms with Crippen LogP contribution in [0, 0.1) is 0 Å². The number of aliphatic hydroxyl groups is 1. The lowest BCUT2D eigenvalue weighted by molar-refractivity contribution is -0.142. The SMILES string of the molecule is OCCn1nc(C(F)(F)F)c2c1CCOC2. The molecular weight excluding hydrogens is 225 g/mol. The van der Waals surface area contributed by atoms with Crippen LogP contribution in [-0.4, -0.2) is 28.1 Å². The predicted octanol–water partition coefficient (Wildman–Crippen LogP) is 0.967. The standard InChI is InChI=1S/C9H11F3N2O2/c10-9(11,12)8-6-5-16-4-1-7(6)14(13-8)2-3-15/h15H,1-5H2. The molecule has 16 heavy (non-hydrogen) atoms. The van der Waals surface area contributed by atoms with E-state index in [1.807, 2.05) is 0 Å². The largest absolute Gasteiger partial charge is 0.435 e. The van der Waals surface area contributed by atoms with Crippen LogP contribution < -0.4 is 0 Å². The van der Waals surface area contributed by atoms with Crippen LogP contribution in [-0.2, 0) is 30.5 Å². The first kappa shape index (κ1) is 11.4. The minimum Gasteiger partial charge on any atom is -0.394 e. The highest BCUT2D eigenvalue weighted by Gasteiger charge is 2.39. The van der Waals surface area contributed by atoms with Crippen LogP contribution in [0.1, 0.15) is 17.0 Å². The molecular formula is C9H11F3N2O2. The fourth-order valence-electron chi connectivity index (χ4n) is 1.82. The van der Waals surface area contributed by atoms with Gasteiger partial charge in [0.25, 0.3) is 0 Å². The Morgan fingerprint density at radius 2 is 2.19 bits per heavy atom. The summed E-state index contributed by atoms with van der Waals surface area (Å²) in [5, 5.41) is 12.3. The van der Waals surface area contributed by atoms with Crippen molar-refractivity contribution >= 4 is 0 Å². The van der Waals surface area contributed by atoms with Gasteiger partial charge in [-0.3, -0.25) is 4.68 Å². The van der Waals surface area contributed by atoms with E-state index in [1.54, 1.807) is 0 Å². The van der Waals surface area contributed by atoms with E-state index in [9.17, 15) is 13.2 Å². The van der Waals surface area contributed by atoms with Gasteiger partial charge in [0.2, 0.25) is 0 Å². The molecule has 0 aromatic carbocycles. The van der Waals surface area contributed by atoms with Crippen molar-refractivity contribution in [3.63, 3.8) is 0 Å². The number of hydrogen-bond acceptors (Lipinski definition) is 3. The second kappa shape index (κ2) is 4.06. The van der Waals surface area contributed by atoms with Crippen molar-refractivity contribution in [2.45, 2.75) is 25.7 Å². The number of hydrogen-bond donors (Lipinski definition) is 1. The molecule has 0 saturated carbocycles. The molecule has 1 aromatic rings. The number of aromatic nitrogens is 2. The van der Waals surface area contributed by atoms with E-state index < -0.39 is 11.9 Å². The Balaban J connectivity index is 2.46. The van der Waals surface area contributed by atoms with E-state index in [0.29, 0.717) is 18.7 Å². The number of aliphatic hydroxyl groups excluding tert-OH is 1. The minimum absolute atomic E-state index is 0.0599. The Bertz CT molecular complexity index is 387. The molecule has 2 heterocycles. The Hall–Kier alpha value is -1.08. The van der Waals surface area contributed by atoms with Crippen LogP contribution in [0.4, 0.5) is 13.2 Å². The number of fused-ring (bicyclic) bond motifs is 1. The molecule has 0 fully saturated rings. The smallest absolute Gasteiger partial charge is 0.394 e. The van der Waals surface area contributed by atoms with Gasteiger partial charge in [0.05, 0.1) is 26.4 Å². The molecule has 0 radical (unpaired) electrons. The highest BCUT2D eigenvalue weighted by atomic mass is 19.4. The average Bonchev–Trinajstić information content (AvgIpc) is 2.58. The Kier molecular flexibility index (Phi) is 2.90. The van der Waals surface area contributed by atoms with Crippen molar-refractivity contribution < 1.29 is 23.0 Å². The van der Waals surface area contributed by atoms with Crippen LogP contribution in [0.25, 0.3) is 0 Å². The predicted molar refractivity (Wildman–Crippen MR) is 47.7 cm³/mol. The molecule has 0 aliphatic carbocycles. The average molecular weight is 236 g/mol. The third kappa shape index (κ3) is 1.92. The van der Waals surface area contributed by atoms with E-state index in [0.717, 1.165) is 0 Å².